The summed E-state index contributed by atoms with van der Waals surface area (Å²) in [6.45, 7) is 2.39. The molecule has 2 heteroatoms. The zero-order valence-corrected chi connectivity index (χ0v) is 12.2. The lowest BCUT2D eigenvalue weighted by Crippen LogP contribution is -2.01. The SMILES string of the molecule is CCCCCCCCCC(O)C#CC#CCCCO. The van der Waals surface area contributed by atoms with Crippen molar-refractivity contribution in [3.05, 3.63) is 0 Å². The summed E-state index contributed by atoms with van der Waals surface area (Å²) in [5.41, 5.74) is 0. The molecule has 0 saturated heterocycles. The lowest BCUT2D eigenvalue weighted by molar-refractivity contribution is 0.217. The highest BCUT2D eigenvalue weighted by Crippen LogP contribution is 2.09. The molecule has 0 rings (SSSR count). The van der Waals surface area contributed by atoms with Crippen molar-refractivity contribution in [1.82, 2.24) is 0 Å². The Balaban J connectivity index is 3.45. The lowest BCUT2D eigenvalue weighted by Gasteiger charge is -2.03. The van der Waals surface area contributed by atoms with Gasteiger partial charge in [0.2, 0.25) is 0 Å². The van der Waals surface area contributed by atoms with Crippen LogP contribution in [0.5, 0.6) is 0 Å². The van der Waals surface area contributed by atoms with E-state index in [-0.39, 0.29) is 6.61 Å². The molecule has 108 valence electrons. The number of hydrogen-bond acceptors (Lipinski definition) is 2. The van der Waals surface area contributed by atoms with Gasteiger partial charge >= 0.3 is 0 Å². The average molecular weight is 264 g/mol. The van der Waals surface area contributed by atoms with E-state index in [2.05, 4.69) is 30.6 Å². The highest BCUT2D eigenvalue weighted by atomic mass is 16.3. The van der Waals surface area contributed by atoms with E-state index in [9.17, 15) is 5.11 Å². The summed E-state index contributed by atoms with van der Waals surface area (Å²) in [6.07, 6.45) is 10.3. The second-order valence-corrected chi connectivity index (χ2v) is 4.82. The quantitative estimate of drug-likeness (QED) is 0.469. The Kier molecular flexibility index (Phi) is 14.3. The van der Waals surface area contributed by atoms with Crippen LogP contribution >= 0.6 is 0 Å². The zero-order chi connectivity index (χ0) is 14.2. The van der Waals surface area contributed by atoms with E-state index in [4.69, 9.17) is 5.11 Å². The first-order valence-electron chi connectivity index (χ1n) is 7.58. The Labute approximate surface area is 118 Å². The second kappa shape index (κ2) is 15.1. The van der Waals surface area contributed by atoms with Gasteiger partial charge in [-0.1, -0.05) is 57.3 Å². The van der Waals surface area contributed by atoms with Crippen molar-refractivity contribution in [3.8, 4) is 23.7 Å². The molecule has 0 aliphatic carbocycles. The van der Waals surface area contributed by atoms with E-state index >= 15 is 0 Å². The molecule has 0 amide bonds. The van der Waals surface area contributed by atoms with E-state index in [0.717, 1.165) is 12.8 Å². The smallest absolute Gasteiger partial charge is 0.115 e. The van der Waals surface area contributed by atoms with Gasteiger partial charge in [0.25, 0.3) is 0 Å². The van der Waals surface area contributed by atoms with Crippen LogP contribution < -0.4 is 0 Å². The minimum Gasteiger partial charge on any atom is -0.396 e. The van der Waals surface area contributed by atoms with Gasteiger partial charge in [-0.2, -0.15) is 0 Å². The Hall–Kier alpha value is -0.960. The Morgan fingerprint density at radius 3 is 2.26 bits per heavy atom. The van der Waals surface area contributed by atoms with E-state index in [0.29, 0.717) is 12.8 Å². The molecule has 2 N–H and O–H groups in total. The van der Waals surface area contributed by atoms with Gasteiger partial charge in [0.15, 0.2) is 0 Å². The summed E-state index contributed by atoms with van der Waals surface area (Å²) in [5, 5.41) is 18.2. The normalized spacial score (nSPS) is 11.1. The molecule has 0 fully saturated rings. The van der Waals surface area contributed by atoms with E-state index in [1.54, 1.807) is 0 Å². The monoisotopic (exact) mass is 264 g/mol. The summed E-state index contributed by atoms with van der Waals surface area (Å²) in [6, 6.07) is 0. The van der Waals surface area contributed by atoms with Crippen LogP contribution in [0.1, 0.15) is 71.1 Å². The summed E-state index contributed by atoms with van der Waals surface area (Å²) < 4.78 is 0. The van der Waals surface area contributed by atoms with Crippen molar-refractivity contribution < 1.29 is 10.2 Å². The largest absolute Gasteiger partial charge is 0.396 e. The maximum absolute atomic E-state index is 9.61. The molecule has 0 bridgehead atoms. The predicted molar refractivity (Wildman–Crippen MR) is 80.5 cm³/mol. The first-order valence-corrected chi connectivity index (χ1v) is 7.58. The molecular weight excluding hydrogens is 236 g/mol. The number of aliphatic hydroxyl groups excluding tert-OH is 2. The highest BCUT2D eigenvalue weighted by molar-refractivity contribution is 5.27. The van der Waals surface area contributed by atoms with Crippen LogP contribution in [0, 0.1) is 23.7 Å². The van der Waals surface area contributed by atoms with Gasteiger partial charge in [0.05, 0.1) is 0 Å². The molecule has 0 heterocycles. The highest BCUT2D eigenvalue weighted by Gasteiger charge is 1.98. The second-order valence-electron chi connectivity index (χ2n) is 4.82. The fourth-order valence-electron chi connectivity index (χ4n) is 1.76. The van der Waals surface area contributed by atoms with Crippen molar-refractivity contribution in [3.63, 3.8) is 0 Å². The van der Waals surface area contributed by atoms with Gasteiger partial charge in [-0.25, -0.2) is 0 Å². The molecule has 0 aliphatic rings. The molecule has 0 aromatic heterocycles. The van der Waals surface area contributed by atoms with Gasteiger partial charge in [0, 0.05) is 13.0 Å². The maximum atomic E-state index is 9.61. The molecule has 0 aliphatic heterocycles. The standard InChI is InChI=1S/C17H28O2/c1-2-3-4-5-6-8-11-14-17(19)15-12-9-7-10-13-16-18/h17-19H,2-6,8,10-11,13-14,16H2,1H3. The van der Waals surface area contributed by atoms with Crippen molar-refractivity contribution in [1.29, 1.82) is 0 Å². The molecule has 0 aromatic carbocycles. The number of unbranched alkanes of at least 4 members (excludes halogenated alkanes) is 7. The third kappa shape index (κ3) is 15.0. The van der Waals surface area contributed by atoms with Gasteiger partial charge < -0.3 is 10.2 Å². The number of hydrogen-bond donors (Lipinski definition) is 2. The number of aliphatic hydroxyl groups is 2. The van der Waals surface area contributed by atoms with Crippen molar-refractivity contribution in [2.45, 2.75) is 77.2 Å². The average Bonchev–Trinajstić information content (AvgIpc) is 2.41. The van der Waals surface area contributed by atoms with E-state index in [1.165, 1.54) is 38.5 Å². The van der Waals surface area contributed by atoms with E-state index in [1.807, 2.05) is 0 Å². The first-order chi connectivity index (χ1) is 9.31. The first kappa shape index (κ1) is 18.0. The molecule has 0 aromatic rings. The molecule has 0 radical (unpaired) electrons. The van der Waals surface area contributed by atoms with Crippen molar-refractivity contribution >= 4 is 0 Å². The fraction of sp³-hybridized carbons (Fsp3) is 0.765. The topological polar surface area (TPSA) is 40.5 Å². The Morgan fingerprint density at radius 1 is 0.895 bits per heavy atom. The fourth-order valence-corrected chi connectivity index (χ4v) is 1.76. The van der Waals surface area contributed by atoms with E-state index < -0.39 is 6.10 Å². The number of rotatable bonds is 10. The molecule has 0 saturated carbocycles. The molecule has 2 nitrogen and oxygen atoms in total. The molecule has 0 spiro atoms. The predicted octanol–water partition coefficient (Wildman–Crippen LogP) is 3.27. The lowest BCUT2D eigenvalue weighted by atomic mass is 10.1. The summed E-state index contributed by atoms with van der Waals surface area (Å²) in [4.78, 5) is 0. The van der Waals surface area contributed by atoms with Crippen molar-refractivity contribution in [2.24, 2.45) is 0 Å². The molecule has 19 heavy (non-hydrogen) atoms. The minimum atomic E-state index is -0.539. The van der Waals surface area contributed by atoms with Crippen LogP contribution in [0.2, 0.25) is 0 Å². The van der Waals surface area contributed by atoms with Crippen LogP contribution in [0.15, 0.2) is 0 Å². The van der Waals surface area contributed by atoms with Crippen LogP contribution in [-0.2, 0) is 0 Å². The zero-order valence-electron chi connectivity index (χ0n) is 12.2. The van der Waals surface area contributed by atoms with Crippen LogP contribution in [-0.4, -0.2) is 22.9 Å². The summed E-state index contributed by atoms with van der Waals surface area (Å²) in [5.74, 6) is 10.9. The molecule has 1 unspecified atom stereocenters. The minimum absolute atomic E-state index is 0.170. The van der Waals surface area contributed by atoms with Gasteiger partial charge in [-0.05, 0) is 31.1 Å². The molecule has 1 atom stereocenters. The summed E-state index contributed by atoms with van der Waals surface area (Å²) in [7, 11) is 0. The van der Waals surface area contributed by atoms with Crippen molar-refractivity contribution in [2.75, 3.05) is 6.61 Å². The van der Waals surface area contributed by atoms with Gasteiger partial charge in [-0.3, -0.25) is 0 Å². The maximum Gasteiger partial charge on any atom is 0.115 e. The van der Waals surface area contributed by atoms with Gasteiger partial charge in [0.1, 0.15) is 6.10 Å². The Morgan fingerprint density at radius 2 is 1.58 bits per heavy atom. The van der Waals surface area contributed by atoms with Gasteiger partial charge in [-0.15, -0.1) is 0 Å². The third-order valence-corrected chi connectivity index (χ3v) is 2.93. The third-order valence-electron chi connectivity index (χ3n) is 2.93. The molecular formula is C17H28O2. The summed E-state index contributed by atoms with van der Waals surface area (Å²) >= 11 is 0. The Bertz CT molecular complexity index is 301. The van der Waals surface area contributed by atoms with Crippen LogP contribution in [0.25, 0.3) is 0 Å². The van der Waals surface area contributed by atoms with Crippen LogP contribution in [0.4, 0.5) is 0 Å². The van der Waals surface area contributed by atoms with Crippen LogP contribution in [0.3, 0.4) is 0 Å².